The predicted octanol–water partition coefficient (Wildman–Crippen LogP) is 2.11. The molecule has 0 aliphatic carbocycles. The minimum Gasteiger partial charge on any atom is -0.504 e. The average molecular weight is 263 g/mol. The Morgan fingerprint density at radius 1 is 1.37 bits per heavy atom. The predicted molar refractivity (Wildman–Crippen MR) is 69.7 cm³/mol. The molecule has 2 rings (SSSR count). The lowest BCUT2D eigenvalue weighted by atomic mass is 10.1. The fraction of sp³-hybridized carbons (Fsp3) is 0.385. The van der Waals surface area contributed by atoms with E-state index in [1.165, 1.54) is 13.2 Å². The molecule has 2 aromatic rings. The van der Waals surface area contributed by atoms with Crippen molar-refractivity contribution in [1.29, 1.82) is 0 Å². The van der Waals surface area contributed by atoms with Crippen LogP contribution >= 0.6 is 0 Å². The number of rotatable bonds is 4. The van der Waals surface area contributed by atoms with Crippen LogP contribution in [0.2, 0.25) is 0 Å². The van der Waals surface area contributed by atoms with Crippen molar-refractivity contribution < 1.29 is 14.4 Å². The monoisotopic (exact) mass is 263 g/mol. The number of nitrogens with zero attached hydrogens (tertiary/aromatic N) is 2. The van der Waals surface area contributed by atoms with Gasteiger partial charge in [-0.1, -0.05) is 19.0 Å². The maximum Gasteiger partial charge on any atom is 0.244 e. The van der Waals surface area contributed by atoms with Crippen LogP contribution in [0.1, 0.15) is 25.8 Å². The lowest BCUT2D eigenvalue weighted by Crippen LogP contribution is -2.16. The van der Waals surface area contributed by atoms with Gasteiger partial charge in [0.05, 0.1) is 13.2 Å². The van der Waals surface area contributed by atoms with E-state index in [0.717, 1.165) is 0 Å². The van der Waals surface area contributed by atoms with Gasteiger partial charge in [0.2, 0.25) is 11.7 Å². The molecule has 1 aromatic heterocycles. The highest BCUT2D eigenvalue weighted by Gasteiger charge is 2.19. The zero-order valence-corrected chi connectivity index (χ0v) is 11.1. The number of benzene rings is 1. The number of phenols is 1. The Bertz CT molecular complexity index is 566. The van der Waals surface area contributed by atoms with Crippen LogP contribution in [0.15, 0.2) is 22.7 Å². The summed E-state index contributed by atoms with van der Waals surface area (Å²) in [6.45, 7) is 3.97. The fourth-order valence-corrected chi connectivity index (χ4v) is 1.59. The molecule has 1 atom stereocenters. The van der Waals surface area contributed by atoms with Gasteiger partial charge in [0.15, 0.2) is 11.5 Å². The first-order chi connectivity index (χ1) is 9.02. The number of ether oxygens (including phenoxy) is 1. The van der Waals surface area contributed by atoms with E-state index in [2.05, 4.69) is 10.1 Å². The van der Waals surface area contributed by atoms with Crippen LogP contribution in [-0.2, 0) is 0 Å². The second-order valence-electron chi connectivity index (χ2n) is 4.61. The molecule has 0 aliphatic heterocycles. The highest BCUT2D eigenvalue weighted by molar-refractivity contribution is 5.60. The van der Waals surface area contributed by atoms with Crippen LogP contribution in [0.25, 0.3) is 11.4 Å². The molecule has 0 saturated carbocycles. The maximum atomic E-state index is 9.54. The molecular weight excluding hydrogens is 246 g/mol. The number of hydrogen-bond acceptors (Lipinski definition) is 6. The summed E-state index contributed by atoms with van der Waals surface area (Å²) in [5.41, 5.74) is 6.64. The molecule has 0 unspecified atom stereocenters. The van der Waals surface area contributed by atoms with Crippen molar-refractivity contribution in [2.75, 3.05) is 7.11 Å². The summed E-state index contributed by atoms with van der Waals surface area (Å²) in [4.78, 5) is 4.27. The second kappa shape index (κ2) is 5.27. The van der Waals surface area contributed by atoms with Gasteiger partial charge in [-0.25, -0.2) is 0 Å². The minimum absolute atomic E-state index is 0.0638. The van der Waals surface area contributed by atoms with E-state index in [-0.39, 0.29) is 17.7 Å². The number of hydrogen-bond donors (Lipinski definition) is 2. The van der Waals surface area contributed by atoms with Gasteiger partial charge in [0.25, 0.3) is 0 Å². The molecule has 0 spiro atoms. The van der Waals surface area contributed by atoms with Gasteiger partial charge in [0, 0.05) is 5.56 Å². The average Bonchev–Trinajstić information content (AvgIpc) is 2.87. The zero-order chi connectivity index (χ0) is 14.0. The number of methoxy groups -OCH3 is 1. The van der Waals surface area contributed by atoms with E-state index in [1.807, 2.05) is 13.8 Å². The van der Waals surface area contributed by atoms with Crippen LogP contribution < -0.4 is 10.5 Å². The Morgan fingerprint density at radius 3 is 2.74 bits per heavy atom. The van der Waals surface area contributed by atoms with E-state index < -0.39 is 0 Å². The molecule has 0 bridgehead atoms. The lowest BCUT2D eigenvalue weighted by Gasteiger charge is -2.09. The van der Waals surface area contributed by atoms with Crippen molar-refractivity contribution in [3.05, 3.63) is 24.1 Å². The molecule has 3 N–H and O–H groups in total. The third kappa shape index (κ3) is 2.68. The van der Waals surface area contributed by atoms with Crippen LogP contribution in [0.5, 0.6) is 11.5 Å². The fourth-order valence-electron chi connectivity index (χ4n) is 1.59. The number of aromatic hydroxyl groups is 1. The lowest BCUT2D eigenvalue weighted by molar-refractivity contribution is 0.325. The summed E-state index contributed by atoms with van der Waals surface area (Å²) in [6.07, 6.45) is 0. The Hall–Kier alpha value is -2.08. The van der Waals surface area contributed by atoms with E-state index >= 15 is 0 Å². The number of aromatic nitrogens is 2. The molecule has 0 saturated heterocycles. The molecule has 6 heteroatoms. The molecule has 0 fully saturated rings. The van der Waals surface area contributed by atoms with Crippen LogP contribution in [0.3, 0.4) is 0 Å². The van der Waals surface area contributed by atoms with E-state index in [1.54, 1.807) is 12.1 Å². The van der Waals surface area contributed by atoms with E-state index in [9.17, 15) is 5.11 Å². The molecule has 0 amide bonds. The number of nitrogens with two attached hydrogens (primary N) is 1. The first-order valence-electron chi connectivity index (χ1n) is 5.99. The topological polar surface area (TPSA) is 94.4 Å². The SMILES string of the molecule is COc1cc(-c2noc([C@H](N)C(C)C)n2)ccc1O. The molecule has 102 valence electrons. The van der Waals surface area contributed by atoms with Crippen LogP contribution in [0, 0.1) is 5.92 Å². The van der Waals surface area contributed by atoms with Gasteiger partial charge in [-0.2, -0.15) is 4.98 Å². The normalized spacial score (nSPS) is 12.7. The Balaban J connectivity index is 2.32. The molecule has 1 aromatic carbocycles. The number of phenolic OH excluding ortho intramolecular Hbond substituents is 1. The summed E-state index contributed by atoms with van der Waals surface area (Å²) in [7, 11) is 1.48. The summed E-state index contributed by atoms with van der Waals surface area (Å²) >= 11 is 0. The minimum atomic E-state index is -0.291. The molecule has 19 heavy (non-hydrogen) atoms. The van der Waals surface area contributed by atoms with E-state index in [4.69, 9.17) is 15.0 Å². The highest BCUT2D eigenvalue weighted by atomic mass is 16.5. The van der Waals surface area contributed by atoms with Crippen molar-refractivity contribution >= 4 is 0 Å². The third-order valence-electron chi connectivity index (χ3n) is 2.88. The van der Waals surface area contributed by atoms with Crippen molar-refractivity contribution in [3.63, 3.8) is 0 Å². The van der Waals surface area contributed by atoms with E-state index in [0.29, 0.717) is 23.0 Å². The third-order valence-corrected chi connectivity index (χ3v) is 2.88. The Morgan fingerprint density at radius 2 is 2.11 bits per heavy atom. The summed E-state index contributed by atoms with van der Waals surface area (Å²) in [5, 5.41) is 13.4. The van der Waals surface area contributed by atoms with Gasteiger partial charge < -0.3 is 20.1 Å². The Kier molecular flexibility index (Phi) is 3.71. The van der Waals surface area contributed by atoms with Gasteiger partial charge in [0.1, 0.15) is 0 Å². The van der Waals surface area contributed by atoms with Crippen molar-refractivity contribution in [2.45, 2.75) is 19.9 Å². The standard InChI is InChI=1S/C13H17N3O3/c1-7(2)11(14)13-15-12(16-19-13)8-4-5-9(17)10(6-8)18-3/h4-7,11,17H,14H2,1-3H3/t11-/m1/s1. The first-order valence-corrected chi connectivity index (χ1v) is 5.99. The van der Waals surface area contributed by atoms with Crippen LogP contribution in [-0.4, -0.2) is 22.4 Å². The molecule has 0 radical (unpaired) electrons. The van der Waals surface area contributed by atoms with Gasteiger partial charge in [-0.3, -0.25) is 0 Å². The smallest absolute Gasteiger partial charge is 0.244 e. The van der Waals surface area contributed by atoms with Crippen molar-refractivity contribution in [3.8, 4) is 22.9 Å². The quantitative estimate of drug-likeness (QED) is 0.877. The van der Waals surface area contributed by atoms with Crippen molar-refractivity contribution in [2.24, 2.45) is 11.7 Å². The zero-order valence-electron chi connectivity index (χ0n) is 11.1. The molecule has 6 nitrogen and oxygen atoms in total. The molecule has 0 aliphatic rings. The van der Waals surface area contributed by atoms with Gasteiger partial charge >= 0.3 is 0 Å². The van der Waals surface area contributed by atoms with Gasteiger partial charge in [-0.05, 0) is 24.1 Å². The largest absolute Gasteiger partial charge is 0.504 e. The summed E-state index contributed by atoms with van der Waals surface area (Å²) < 4.78 is 10.2. The maximum absolute atomic E-state index is 9.54. The summed E-state index contributed by atoms with van der Waals surface area (Å²) in [6, 6.07) is 4.56. The van der Waals surface area contributed by atoms with Crippen molar-refractivity contribution in [1.82, 2.24) is 10.1 Å². The molecule has 1 heterocycles. The Labute approximate surface area is 111 Å². The summed E-state index contributed by atoms with van der Waals surface area (Å²) in [5.74, 6) is 1.45. The van der Waals surface area contributed by atoms with Crippen LogP contribution in [0.4, 0.5) is 0 Å². The first kappa shape index (κ1) is 13.4. The van der Waals surface area contributed by atoms with Gasteiger partial charge in [-0.15, -0.1) is 0 Å². The second-order valence-corrected chi connectivity index (χ2v) is 4.61. The highest BCUT2D eigenvalue weighted by Crippen LogP contribution is 2.30. The molecular formula is C13H17N3O3.